The molecule has 4 heteroatoms. The largest absolute Gasteiger partial charge is 0.359 e. The molecule has 80 valence electrons. The second-order valence-corrected chi connectivity index (χ2v) is 5.07. The Morgan fingerprint density at radius 1 is 1.57 bits per heavy atom. The van der Waals surface area contributed by atoms with Crippen LogP contribution in [0.3, 0.4) is 0 Å². The van der Waals surface area contributed by atoms with Crippen molar-refractivity contribution >= 4 is 32.4 Å². The Morgan fingerprint density at radius 3 is 2.79 bits per heavy atom. The van der Waals surface area contributed by atoms with Crippen molar-refractivity contribution in [2.75, 3.05) is 10.6 Å². The maximum absolute atomic E-state index is 4.48. The van der Waals surface area contributed by atoms with Gasteiger partial charge in [-0.2, -0.15) is 0 Å². The first-order valence-electron chi connectivity index (χ1n) is 4.94. The molecule has 1 heterocycles. The van der Waals surface area contributed by atoms with E-state index in [9.17, 15) is 0 Å². The van der Waals surface area contributed by atoms with Gasteiger partial charge < -0.3 is 5.32 Å². The summed E-state index contributed by atoms with van der Waals surface area (Å²) < 4.78 is 0. The van der Waals surface area contributed by atoms with E-state index in [0.29, 0.717) is 12.0 Å². The molecule has 2 nitrogen and oxygen atoms in total. The van der Waals surface area contributed by atoms with E-state index in [1.165, 1.54) is 5.69 Å². The average Bonchev–Trinajstić information content (AvgIpc) is 2.64. The molecule has 1 aromatic rings. The molecule has 0 bridgehead atoms. The van der Waals surface area contributed by atoms with Crippen LogP contribution in [-0.4, -0.2) is 16.4 Å². The fraction of sp³-hybridized carbons (Fsp3) is 0.700. The van der Waals surface area contributed by atoms with E-state index >= 15 is 0 Å². The van der Waals surface area contributed by atoms with Gasteiger partial charge in [0, 0.05) is 16.8 Å². The third kappa shape index (κ3) is 3.24. The zero-order chi connectivity index (χ0) is 10.6. The molecule has 0 saturated carbocycles. The third-order valence-electron chi connectivity index (χ3n) is 2.36. The molecule has 2 atom stereocenters. The number of halogens is 1. The van der Waals surface area contributed by atoms with Crippen molar-refractivity contribution in [3.8, 4) is 0 Å². The highest BCUT2D eigenvalue weighted by molar-refractivity contribution is 9.09. The molecule has 0 aliphatic rings. The lowest BCUT2D eigenvalue weighted by atomic mass is 10.1. The van der Waals surface area contributed by atoms with Crippen LogP contribution in [0.5, 0.6) is 0 Å². The van der Waals surface area contributed by atoms with Gasteiger partial charge in [-0.15, -0.1) is 11.3 Å². The number of hydrogen-bond donors (Lipinski definition) is 1. The van der Waals surface area contributed by atoms with Crippen molar-refractivity contribution < 1.29 is 0 Å². The number of nitrogens with zero attached hydrogens (tertiary/aromatic N) is 1. The summed E-state index contributed by atoms with van der Waals surface area (Å²) in [7, 11) is 0. The van der Waals surface area contributed by atoms with Crippen LogP contribution in [-0.2, 0) is 6.42 Å². The third-order valence-corrected chi connectivity index (χ3v) is 4.21. The zero-order valence-electron chi connectivity index (χ0n) is 8.88. The summed E-state index contributed by atoms with van der Waals surface area (Å²) in [5.74, 6) is 0.615. The van der Waals surface area contributed by atoms with Crippen molar-refractivity contribution in [1.29, 1.82) is 0 Å². The molecule has 0 amide bonds. The number of rotatable bonds is 5. The van der Waals surface area contributed by atoms with Crippen molar-refractivity contribution in [1.82, 2.24) is 4.98 Å². The predicted molar refractivity (Wildman–Crippen MR) is 67.5 cm³/mol. The summed E-state index contributed by atoms with van der Waals surface area (Å²) in [6.45, 7) is 6.54. The minimum absolute atomic E-state index is 0.463. The van der Waals surface area contributed by atoms with Crippen molar-refractivity contribution in [3.05, 3.63) is 11.1 Å². The van der Waals surface area contributed by atoms with Gasteiger partial charge in [-0.1, -0.05) is 29.8 Å². The van der Waals surface area contributed by atoms with Gasteiger partial charge in [0.15, 0.2) is 5.13 Å². The van der Waals surface area contributed by atoms with Crippen molar-refractivity contribution in [2.24, 2.45) is 5.92 Å². The van der Waals surface area contributed by atoms with Gasteiger partial charge in [-0.25, -0.2) is 4.98 Å². The van der Waals surface area contributed by atoms with Gasteiger partial charge in [0.2, 0.25) is 0 Å². The molecule has 0 aromatic carbocycles. The topological polar surface area (TPSA) is 24.9 Å². The summed E-state index contributed by atoms with van der Waals surface area (Å²) in [4.78, 5) is 4.48. The minimum atomic E-state index is 0.463. The number of aryl methyl sites for hydroxylation is 1. The lowest BCUT2D eigenvalue weighted by molar-refractivity contribution is 0.572. The van der Waals surface area contributed by atoms with Crippen molar-refractivity contribution in [2.45, 2.75) is 33.2 Å². The lowest BCUT2D eigenvalue weighted by Crippen LogP contribution is -2.24. The fourth-order valence-electron chi connectivity index (χ4n) is 1.01. The quantitative estimate of drug-likeness (QED) is 0.833. The normalized spacial score (nSPS) is 15.1. The Labute approximate surface area is 98.3 Å². The summed E-state index contributed by atoms with van der Waals surface area (Å²) in [6, 6.07) is 0.463. The van der Waals surface area contributed by atoms with E-state index in [2.05, 4.69) is 52.4 Å². The maximum Gasteiger partial charge on any atom is 0.183 e. The molecule has 14 heavy (non-hydrogen) atoms. The van der Waals surface area contributed by atoms with Gasteiger partial charge in [0.25, 0.3) is 0 Å². The van der Waals surface area contributed by atoms with E-state index in [4.69, 9.17) is 0 Å². The molecule has 0 saturated heterocycles. The van der Waals surface area contributed by atoms with Crippen molar-refractivity contribution in [3.63, 3.8) is 0 Å². The average molecular weight is 277 g/mol. The number of nitrogens with one attached hydrogen (secondary N) is 1. The molecule has 0 spiro atoms. The highest BCUT2D eigenvalue weighted by Gasteiger charge is 2.11. The van der Waals surface area contributed by atoms with Crippen LogP contribution in [0.2, 0.25) is 0 Å². The van der Waals surface area contributed by atoms with E-state index in [0.717, 1.165) is 16.9 Å². The molecular formula is C10H17BrN2S. The molecular weight excluding hydrogens is 260 g/mol. The van der Waals surface area contributed by atoms with Gasteiger partial charge in [0.05, 0.1) is 5.69 Å². The van der Waals surface area contributed by atoms with E-state index in [1.807, 2.05) is 0 Å². The van der Waals surface area contributed by atoms with E-state index in [1.54, 1.807) is 11.3 Å². The molecule has 1 rings (SSSR count). The Hall–Kier alpha value is -0.0900. The van der Waals surface area contributed by atoms with Crippen LogP contribution in [0.1, 0.15) is 26.5 Å². The Kier molecular flexibility index (Phi) is 4.89. The number of anilines is 1. The van der Waals surface area contributed by atoms with Crippen LogP contribution >= 0.6 is 27.3 Å². The van der Waals surface area contributed by atoms with Gasteiger partial charge >= 0.3 is 0 Å². The number of alkyl halides is 1. The van der Waals surface area contributed by atoms with Crippen LogP contribution in [0.15, 0.2) is 5.38 Å². The number of aromatic nitrogens is 1. The number of thiazole rings is 1. The molecule has 1 N–H and O–H groups in total. The monoisotopic (exact) mass is 276 g/mol. The molecule has 0 radical (unpaired) electrons. The lowest BCUT2D eigenvalue weighted by Gasteiger charge is -2.18. The fourth-order valence-corrected chi connectivity index (χ4v) is 2.46. The predicted octanol–water partition coefficient (Wildman–Crippen LogP) is 3.54. The van der Waals surface area contributed by atoms with Gasteiger partial charge in [-0.3, -0.25) is 0 Å². The summed E-state index contributed by atoms with van der Waals surface area (Å²) in [5.41, 5.74) is 1.18. The molecule has 0 fully saturated rings. The van der Waals surface area contributed by atoms with Gasteiger partial charge in [-0.05, 0) is 19.3 Å². The molecule has 2 unspecified atom stereocenters. The summed E-state index contributed by atoms with van der Waals surface area (Å²) >= 11 is 5.18. The smallest absolute Gasteiger partial charge is 0.183 e. The molecule has 1 aromatic heterocycles. The number of hydrogen-bond acceptors (Lipinski definition) is 3. The minimum Gasteiger partial charge on any atom is -0.359 e. The SMILES string of the molecule is CCc1csc(NC(C)C(C)CBr)n1. The second kappa shape index (κ2) is 5.71. The summed E-state index contributed by atoms with van der Waals surface area (Å²) in [5, 5.41) is 7.61. The van der Waals surface area contributed by atoms with E-state index in [-0.39, 0.29) is 0 Å². The van der Waals surface area contributed by atoms with Crippen LogP contribution in [0, 0.1) is 5.92 Å². The van der Waals surface area contributed by atoms with Gasteiger partial charge in [0.1, 0.15) is 0 Å². The van der Waals surface area contributed by atoms with Crippen LogP contribution in [0.25, 0.3) is 0 Å². The Bertz CT molecular complexity index is 275. The summed E-state index contributed by atoms with van der Waals surface area (Å²) in [6.07, 6.45) is 1.01. The second-order valence-electron chi connectivity index (χ2n) is 3.56. The Balaban J connectivity index is 2.51. The zero-order valence-corrected chi connectivity index (χ0v) is 11.3. The highest BCUT2D eigenvalue weighted by atomic mass is 79.9. The first-order chi connectivity index (χ1) is 6.67. The van der Waals surface area contributed by atoms with E-state index < -0.39 is 0 Å². The standard InChI is InChI=1S/C10H17BrN2S/c1-4-9-6-14-10(13-9)12-8(3)7(2)5-11/h6-8H,4-5H2,1-3H3,(H,12,13). The van der Waals surface area contributed by atoms with Crippen LogP contribution < -0.4 is 5.32 Å². The first kappa shape index (κ1) is 12.0. The Morgan fingerprint density at radius 2 is 2.29 bits per heavy atom. The first-order valence-corrected chi connectivity index (χ1v) is 6.94. The highest BCUT2D eigenvalue weighted by Crippen LogP contribution is 2.19. The maximum atomic E-state index is 4.48. The molecule has 0 aliphatic carbocycles. The molecule has 0 aliphatic heterocycles. The van der Waals surface area contributed by atoms with Crippen LogP contribution in [0.4, 0.5) is 5.13 Å².